The summed E-state index contributed by atoms with van der Waals surface area (Å²) in [6, 6.07) is 14.5. The Kier molecular flexibility index (Phi) is 3.57. The van der Waals surface area contributed by atoms with Gasteiger partial charge in [0.05, 0.1) is 11.3 Å². The number of benzene rings is 2. The monoisotopic (exact) mass is 250 g/mol. The Balaban J connectivity index is 2.52. The summed E-state index contributed by atoms with van der Waals surface area (Å²) in [5.41, 5.74) is 6.41. The number of nitriles is 1. The molecule has 0 fully saturated rings. The quantitative estimate of drug-likeness (QED) is 0.796. The normalized spacial score (nSPS) is 10.1. The first-order valence-corrected chi connectivity index (χ1v) is 6.34. The Morgan fingerprint density at radius 2 is 1.53 bits per heavy atom. The summed E-state index contributed by atoms with van der Waals surface area (Å²) in [5, 5.41) is 9.24. The molecular weight excluding hydrogens is 232 g/mol. The smallest absolute Gasteiger partial charge is 0.101 e. The molecule has 2 rings (SSSR count). The molecule has 2 aromatic carbocycles. The first-order valence-electron chi connectivity index (χ1n) is 6.34. The number of anilines is 2. The summed E-state index contributed by atoms with van der Waals surface area (Å²) in [7, 11) is 2.01. The van der Waals surface area contributed by atoms with Crippen molar-refractivity contribution in [2.45, 2.75) is 20.8 Å². The maximum atomic E-state index is 9.24. The van der Waals surface area contributed by atoms with Gasteiger partial charge in [-0.3, -0.25) is 0 Å². The molecule has 0 amide bonds. The number of hydrogen-bond acceptors (Lipinski definition) is 2. The minimum Gasteiger partial charge on any atom is -0.343 e. The lowest BCUT2D eigenvalue weighted by molar-refractivity contribution is 1.16. The van der Waals surface area contributed by atoms with E-state index >= 15 is 0 Å². The van der Waals surface area contributed by atoms with Crippen LogP contribution in [-0.4, -0.2) is 7.05 Å². The maximum Gasteiger partial charge on any atom is 0.101 e. The fourth-order valence-corrected chi connectivity index (χ4v) is 2.33. The molecule has 19 heavy (non-hydrogen) atoms. The van der Waals surface area contributed by atoms with E-state index in [4.69, 9.17) is 0 Å². The molecule has 0 saturated heterocycles. The Morgan fingerprint density at radius 3 is 2.16 bits per heavy atom. The third-order valence-corrected chi connectivity index (χ3v) is 3.35. The number of rotatable bonds is 2. The van der Waals surface area contributed by atoms with Crippen LogP contribution in [0.25, 0.3) is 0 Å². The van der Waals surface area contributed by atoms with Crippen molar-refractivity contribution in [2.24, 2.45) is 0 Å². The highest BCUT2D eigenvalue weighted by molar-refractivity contribution is 5.71. The summed E-state index contributed by atoms with van der Waals surface area (Å²) < 4.78 is 0. The minimum atomic E-state index is 0.702. The molecule has 2 aromatic rings. The fraction of sp³-hybridized carbons (Fsp3) is 0.235. The standard InChI is InChI=1S/C17H18N2/c1-12-6-8-16(14(3)9-12)19(4)17-10-13(2)5-7-15(17)11-18/h5-10H,1-4H3. The highest BCUT2D eigenvalue weighted by Gasteiger charge is 2.11. The third kappa shape index (κ3) is 2.61. The van der Waals surface area contributed by atoms with Crippen molar-refractivity contribution >= 4 is 11.4 Å². The van der Waals surface area contributed by atoms with Gasteiger partial charge < -0.3 is 4.90 Å². The van der Waals surface area contributed by atoms with Gasteiger partial charge >= 0.3 is 0 Å². The van der Waals surface area contributed by atoms with E-state index < -0.39 is 0 Å². The molecule has 0 N–H and O–H groups in total. The van der Waals surface area contributed by atoms with Crippen LogP contribution in [0, 0.1) is 32.1 Å². The van der Waals surface area contributed by atoms with Crippen LogP contribution in [0.2, 0.25) is 0 Å². The average Bonchev–Trinajstić information content (AvgIpc) is 2.38. The Hall–Kier alpha value is -2.27. The van der Waals surface area contributed by atoms with Gasteiger partial charge in [-0.1, -0.05) is 23.8 Å². The van der Waals surface area contributed by atoms with Crippen molar-refractivity contribution < 1.29 is 0 Å². The molecule has 0 heterocycles. The Labute approximate surface area is 114 Å². The van der Waals surface area contributed by atoms with Crippen molar-refractivity contribution in [1.82, 2.24) is 0 Å². The second-order valence-electron chi connectivity index (χ2n) is 4.98. The van der Waals surface area contributed by atoms with E-state index in [1.807, 2.05) is 26.1 Å². The van der Waals surface area contributed by atoms with Gasteiger partial charge in [0.25, 0.3) is 0 Å². The zero-order valence-corrected chi connectivity index (χ0v) is 11.9. The molecule has 0 unspecified atom stereocenters. The summed E-state index contributed by atoms with van der Waals surface area (Å²) in [6.07, 6.45) is 0. The summed E-state index contributed by atoms with van der Waals surface area (Å²) in [4.78, 5) is 2.08. The lowest BCUT2D eigenvalue weighted by Crippen LogP contribution is -2.12. The van der Waals surface area contributed by atoms with E-state index in [0.29, 0.717) is 5.56 Å². The van der Waals surface area contributed by atoms with Crippen LogP contribution in [0.4, 0.5) is 11.4 Å². The van der Waals surface area contributed by atoms with Gasteiger partial charge in [0.2, 0.25) is 0 Å². The van der Waals surface area contributed by atoms with Crippen LogP contribution >= 0.6 is 0 Å². The molecule has 0 spiro atoms. The molecular formula is C17H18N2. The fourth-order valence-electron chi connectivity index (χ4n) is 2.33. The largest absolute Gasteiger partial charge is 0.343 e. The highest BCUT2D eigenvalue weighted by Crippen LogP contribution is 2.30. The van der Waals surface area contributed by atoms with Gasteiger partial charge in [-0.05, 0) is 50.1 Å². The van der Waals surface area contributed by atoms with E-state index in [1.54, 1.807) is 0 Å². The van der Waals surface area contributed by atoms with Gasteiger partial charge in [0, 0.05) is 12.7 Å². The molecule has 0 aliphatic heterocycles. The minimum absolute atomic E-state index is 0.702. The SMILES string of the molecule is Cc1ccc(N(C)c2cc(C)ccc2C#N)c(C)c1. The molecule has 0 bridgehead atoms. The van der Waals surface area contributed by atoms with Crippen LogP contribution in [0.3, 0.4) is 0 Å². The molecule has 2 nitrogen and oxygen atoms in total. The van der Waals surface area contributed by atoms with Gasteiger partial charge in [0.1, 0.15) is 6.07 Å². The van der Waals surface area contributed by atoms with Gasteiger partial charge in [0.15, 0.2) is 0 Å². The topological polar surface area (TPSA) is 27.0 Å². The maximum absolute atomic E-state index is 9.24. The van der Waals surface area contributed by atoms with E-state index in [-0.39, 0.29) is 0 Å². The lowest BCUT2D eigenvalue weighted by atomic mass is 10.1. The molecule has 2 heteroatoms. The van der Waals surface area contributed by atoms with Crippen LogP contribution in [0.1, 0.15) is 22.3 Å². The van der Waals surface area contributed by atoms with Crippen molar-refractivity contribution in [3.8, 4) is 6.07 Å². The second kappa shape index (κ2) is 5.16. The van der Waals surface area contributed by atoms with E-state index in [2.05, 4.69) is 49.1 Å². The van der Waals surface area contributed by atoms with Crippen molar-refractivity contribution in [2.75, 3.05) is 11.9 Å². The predicted molar refractivity (Wildman–Crippen MR) is 79.9 cm³/mol. The third-order valence-electron chi connectivity index (χ3n) is 3.35. The summed E-state index contributed by atoms with van der Waals surface area (Å²) in [5.74, 6) is 0. The Morgan fingerprint density at radius 1 is 0.895 bits per heavy atom. The van der Waals surface area contributed by atoms with Gasteiger partial charge in [-0.15, -0.1) is 0 Å². The van der Waals surface area contributed by atoms with Crippen LogP contribution in [-0.2, 0) is 0 Å². The Bertz CT molecular complexity index is 651. The van der Waals surface area contributed by atoms with Gasteiger partial charge in [-0.25, -0.2) is 0 Å². The predicted octanol–water partition coefficient (Wildman–Crippen LogP) is 4.25. The average molecular weight is 250 g/mol. The van der Waals surface area contributed by atoms with Gasteiger partial charge in [-0.2, -0.15) is 5.26 Å². The molecule has 0 aromatic heterocycles. The first kappa shape index (κ1) is 13.2. The molecule has 96 valence electrons. The number of hydrogen-bond donors (Lipinski definition) is 0. The van der Waals surface area contributed by atoms with E-state index in [1.165, 1.54) is 11.1 Å². The van der Waals surface area contributed by atoms with Crippen LogP contribution in [0.5, 0.6) is 0 Å². The van der Waals surface area contributed by atoms with E-state index in [9.17, 15) is 5.26 Å². The molecule has 0 saturated carbocycles. The van der Waals surface area contributed by atoms with Crippen LogP contribution in [0.15, 0.2) is 36.4 Å². The summed E-state index contributed by atoms with van der Waals surface area (Å²) >= 11 is 0. The highest BCUT2D eigenvalue weighted by atomic mass is 15.1. The van der Waals surface area contributed by atoms with Crippen molar-refractivity contribution in [3.05, 3.63) is 58.7 Å². The molecule has 0 atom stereocenters. The zero-order chi connectivity index (χ0) is 14.0. The zero-order valence-electron chi connectivity index (χ0n) is 11.9. The second-order valence-corrected chi connectivity index (χ2v) is 4.98. The van der Waals surface area contributed by atoms with Crippen LogP contribution < -0.4 is 4.90 Å². The lowest BCUT2D eigenvalue weighted by Gasteiger charge is -2.23. The first-order chi connectivity index (χ1) is 9.02. The van der Waals surface area contributed by atoms with Crippen molar-refractivity contribution in [3.63, 3.8) is 0 Å². The summed E-state index contributed by atoms with van der Waals surface area (Å²) in [6.45, 7) is 6.23. The molecule has 0 aliphatic rings. The number of nitrogens with zero attached hydrogens (tertiary/aromatic N) is 2. The molecule has 0 aliphatic carbocycles. The van der Waals surface area contributed by atoms with E-state index in [0.717, 1.165) is 16.9 Å². The number of aryl methyl sites for hydroxylation is 3. The van der Waals surface area contributed by atoms with Crippen molar-refractivity contribution in [1.29, 1.82) is 5.26 Å². The molecule has 0 radical (unpaired) electrons.